The van der Waals surface area contributed by atoms with Crippen LogP contribution in [-0.4, -0.2) is 56.0 Å². The highest BCUT2D eigenvalue weighted by Crippen LogP contribution is 2.34. The third kappa shape index (κ3) is 4.20. The summed E-state index contributed by atoms with van der Waals surface area (Å²) in [6.07, 6.45) is 1.32. The van der Waals surface area contributed by atoms with Gasteiger partial charge in [0.25, 0.3) is 5.56 Å². The van der Waals surface area contributed by atoms with E-state index in [0.717, 1.165) is 34.7 Å². The Morgan fingerprint density at radius 3 is 2.83 bits per heavy atom. The van der Waals surface area contributed by atoms with Crippen LogP contribution < -0.4 is 10.9 Å². The van der Waals surface area contributed by atoms with Crippen LogP contribution in [0, 0.1) is 6.92 Å². The Bertz CT molecular complexity index is 1510. The van der Waals surface area contributed by atoms with Gasteiger partial charge in [-0.2, -0.15) is 0 Å². The number of benzene rings is 2. The number of anilines is 1. The number of amides is 1. The number of hydrogen-bond acceptors (Lipinski definition) is 8. The lowest BCUT2D eigenvalue weighted by Crippen LogP contribution is -2.45. The van der Waals surface area contributed by atoms with Crippen LogP contribution in [0.25, 0.3) is 21.5 Å². The zero-order valence-electron chi connectivity index (χ0n) is 19.5. The van der Waals surface area contributed by atoms with Gasteiger partial charge in [-0.3, -0.25) is 9.36 Å². The molecule has 0 aliphatic carbocycles. The summed E-state index contributed by atoms with van der Waals surface area (Å²) in [5.41, 5.74) is 4.83. The number of fused-ring (bicyclic) bond motifs is 2. The van der Waals surface area contributed by atoms with Gasteiger partial charge in [0.1, 0.15) is 22.9 Å². The second-order valence-corrected chi connectivity index (χ2v) is 10.4. The zero-order valence-corrected chi connectivity index (χ0v) is 21.1. The number of ether oxygens (including phenoxy) is 1. The van der Waals surface area contributed by atoms with E-state index in [1.54, 1.807) is 15.0 Å². The van der Waals surface area contributed by atoms with Crippen LogP contribution in [0.2, 0.25) is 5.02 Å². The number of halogens is 1. The number of rotatable bonds is 5. The van der Waals surface area contributed by atoms with Crippen LogP contribution in [0.15, 0.2) is 46.7 Å². The number of aromatic nitrogens is 4. The van der Waals surface area contributed by atoms with Gasteiger partial charge in [0.15, 0.2) is 0 Å². The molecule has 9 nitrogen and oxygen atoms in total. The minimum Gasteiger partial charge on any atom is -0.447 e. The molecule has 1 N–H and O–H groups in total. The molecule has 2 aromatic carbocycles. The summed E-state index contributed by atoms with van der Waals surface area (Å²) in [5.74, 6) is 0.629. The van der Waals surface area contributed by atoms with Crippen molar-refractivity contribution in [3.63, 3.8) is 0 Å². The fraction of sp³-hybridized carbons (Fsp3) is 0.320. The third-order valence-corrected chi connectivity index (χ3v) is 7.81. The minimum absolute atomic E-state index is 0.0649. The van der Waals surface area contributed by atoms with E-state index in [2.05, 4.69) is 15.5 Å². The molecule has 0 bridgehead atoms. The van der Waals surface area contributed by atoms with Gasteiger partial charge in [-0.1, -0.05) is 35.1 Å². The van der Waals surface area contributed by atoms with Gasteiger partial charge in [-0.05, 0) is 49.6 Å². The zero-order chi connectivity index (χ0) is 24.8. The van der Waals surface area contributed by atoms with Crippen molar-refractivity contribution in [1.82, 2.24) is 24.6 Å². The largest absolute Gasteiger partial charge is 0.447 e. The molecule has 1 amide bonds. The highest BCUT2D eigenvalue weighted by Gasteiger charge is 2.38. The maximum absolute atomic E-state index is 13.6. The van der Waals surface area contributed by atoms with Crippen molar-refractivity contribution in [2.45, 2.75) is 38.4 Å². The Morgan fingerprint density at radius 1 is 1.22 bits per heavy atom. The van der Waals surface area contributed by atoms with Crippen molar-refractivity contribution >= 4 is 45.6 Å². The van der Waals surface area contributed by atoms with Crippen LogP contribution in [0.4, 0.5) is 10.5 Å². The number of piperidine rings is 1. The highest BCUT2D eigenvalue weighted by molar-refractivity contribution is 7.12. The molecule has 0 unspecified atom stereocenters. The maximum atomic E-state index is 13.6. The number of nitrogens with zero attached hydrogens (tertiary/aromatic N) is 5. The molecule has 2 saturated heterocycles. The summed E-state index contributed by atoms with van der Waals surface area (Å²) in [4.78, 5) is 32.1. The lowest BCUT2D eigenvalue weighted by molar-refractivity contribution is 0.153. The maximum Gasteiger partial charge on any atom is 0.410 e. The number of carbonyl (C=O) groups excluding carboxylic acids is 1. The van der Waals surface area contributed by atoms with Gasteiger partial charge in [0, 0.05) is 28.9 Å². The van der Waals surface area contributed by atoms with E-state index in [-0.39, 0.29) is 23.7 Å². The molecule has 11 heteroatoms. The summed E-state index contributed by atoms with van der Waals surface area (Å²) >= 11 is 7.46. The molecule has 2 aliphatic rings. The van der Waals surface area contributed by atoms with Gasteiger partial charge < -0.3 is 15.0 Å². The van der Waals surface area contributed by atoms with E-state index in [0.29, 0.717) is 41.4 Å². The fourth-order valence-electron chi connectivity index (χ4n) is 4.98. The van der Waals surface area contributed by atoms with Crippen molar-refractivity contribution in [3.8, 4) is 10.6 Å². The third-order valence-electron chi connectivity index (χ3n) is 6.84. The summed E-state index contributed by atoms with van der Waals surface area (Å²) < 4.78 is 6.90. The molecule has 2 fully saturated rings. The Balaban J connectivity index is 1.39. The van der Waals surface area contributed by atoms with E-state index in [1.165, 1.54) is 11.3 Å². The molecular formula is C25H23ClN6O3S. The molecule has 2 atom stereocenters. The van der Waals surface area contributed by atoms with Crippen molar-refractivity contribution in [2.75, 3.05) is 18.5 Å². The summed E-state index contributed by atoms with van der Waals surface area (Å²) in [7, 11) is 0. The molecule has 0 saturated carbocycles. The topological polar surface area (TPSA) is 102 Å². The molecule has 2 aliphatic heterocycles. The molecule has 4 heterocycles. The van der Waals surface area contributed by atoms with E-state index in [1.807, 2.05) is 43.3 Å². The van der Waals surface area contributed by atoms with E-state index >= 15 is 0 Å². The number of carbonyl (C=O) groups is 1. The SMILES string of the molecule is Cc1nc2cc(-c3nncs3)c(N[C@H]3CCN4C(=O)OC[C@@H]4C3)cc2c(=O)n1Cc1ccc(Cl)cc1. The lowest BCUT2D eigenvalue weighted by Gasteiger charge is -2.33. The standard InChI is InChI=1S/C25H23ClN6O3S/c1-14-28-22-9-19(23-30-27-13-36-23)21(29-17-6-7-31-18(8-17)12-35-25(31)34)10-20(22)24(33)32(14)11-15-2-4-16(26)5-3-15/h2-5,9-10,13,17-18,29H,6-8,11-12H2,1H3/t17-,18-/m0/s1. The van der Waals surface area contributed by atoms with Crippen molar-refractivity contribution in [3.05, 3.63) is 68.7 Å². The van der Waals surface area contributed by atoms with Crippen LogP contribution in [0.3, 0.4) is 0 Å². The number of nitrogens with one attached hydrogen (secondary N) is 1. The van der Waals surface area contributed by atoms with Gasteiger partial charge in [-0.25, -0.2) is 9.78 Å². The second kappa shape index (κ2) is 9.18. The van der Waals surface area contributed by atoms with Crippen LogP contribution in [-0.2, 0) is 11.3 Å². The van der Waals surface area contributed by atoms with Crippen LogP contribution in [0.1, 0.15) is 24.2 Å². The van der Waals surface area contributed by atoms with E-state index in [9.17, 15) is 9.59 Å². The number of aryl methyl sites for hydroxylation is 1. The summed E-state index contributed by atoms with van der Waals surface area (Å²) in [5, 5.41) is 13.8. The molecule has 184 valence electrons. The van der Waals surface area contributed by atoms with Crippen LogP contribution in [0.5, 0.6) is 0 Å². The summed E-state index contributed by atoms with van der Waals surface area (Å²) in [6, 6.07) is 11.4. The Labute approximate surface area is 215 Å². The Hall–Kier alpha value is -3.50. The Kier molecular flexibility index (Phi) is 5.85. The first-order valence-corrected chi connectivity index (χ1v) is 13.0. The fourth-order valence-corrected chi connectivity index (χ4v) is 5.69. The summed E-state index contributed by atoms with van der Waals surface area (Å²) in [6.45, 7) is 3.29. The lowest BCUT2D eigenvalue weighted by atomic mass is 9.97. The number of cyclic esters (lactones) is 1. The van der Waals surface area contributed by atoms with E-state index in [4.69, 9.17) is 21.3 Å². The Morgan fingerprint density at radius 2 is 2.06 bits per heavy atom. The van der Waals surface area contributed by atoms with Crippen LogP contribution >= 0.6 is 22.9 Å². The molecular weight excluding hydrogens is 500 g/mol. The van der Waals surface area contributed by atoms with Gasteiger partial charge in [0.2, 0.25) is 0 Å². The average molecular weight is 523 g/mol. The molecule has 0 radical (unpaired) electrons. The minimum atomic E-state index is -0.235. The predicted molar refractivity (Wildman–Crippen MR) is 139 cm³/mol. The smallest absolute Gasteiger partial charge is 0.410 e. The van der Waals surface area contributed by atoms with Crippen molar-refractivity contribution in [2.24, 2.45) is 0 Å². The normalized spacial score (nSPS) is 19.4. The van der Waals surface area contributed by atoms with Gasteiger partial charge >= 0.3 is 6.09 Å². The van der Waals surface area contributed by atoms with Gasteiger partial charge in [-0.15, -0.1) is 10.2 Å². The molecule has 36 heavy (non-hydrogen) atoms. The van der Waals surface area contributed by atoms with Gasteiger partial charge in [0.05, 0.1) is 23.5 Å². The molecule has 2 aromatic heterocycles. The molecule has 4 aromatic rings. The first kappa shape index (κ1) is 22.9. The average Bonchev–Trinajstić information content (AvgIpc) is 3.53. The molecule has 0 spiro atoms. The quantitative estimate of drug-likeness (QED) is 0.416. The van der Waals surface area contributed by atoms with Crippen molar-refractivity contribution in [1.29, 1.82) is 0 Å². The monoisotopic (exact) mass is 522 g/mol. The molecule has 6 rings (SSSR count). The van der Waals surface area contributed by atoms with Crippen molar-refractivity contribution < 1.29 is 9.53 Å². The predicted octanol–water partition coefficient (Wildman–Crippen LogP) is 4.32. The van der Waals surface area contributed by atoms with E-state index < -0.39 is 0 Å². The first-order chi connectivity index (χ1) is 17.5. The second-order valence-electron chi connectivity index (χ2n) is 9.13. The highest BCUT2D eigenvalue weighted by atomic mass is 35.5. The first-order valence-electron chi connectivity index (χ1n) is 11.7. The number of hydrogen-bond donors (Lipinski definition) is 1.